The maximum absolute atomic E-state index is 11.7. The number of carboxylic acids is 1. The number of urea groups is 1. The molecule has 0 bridgehead atoms. The number of hydrogen-bond acceptors (Lipinski definition) is 3. The lowest BCUT2D eigenvalue weighted by Gasteiger charge is -2.14. The standard InChI is InChI=1S/C13H17N3O4/c1-8(6-11(14)17)15-13(20)16-10-5-3-2-4-9(10)7-12(18)19/h2-5,8H,6-7H2,1H3,(H2,14,17)(H,18,19)(H2,15,16,20). The fraction of sp³-hybridized carbons (Fsp3) is 0.308. The van der Waals surface area contributed by atoms with E-state index in [0.29, 0.717) is 11.3 Å². The molecule has 1 rings (SSSR count). The van der Waals surface area contributed by atoms with Gasteiger partial charge in [-0.2, -0.15) is 0 Å². The lowest BCUT2D eigenvalue weighted by atomic mass is 10.1. The van der Waals surface area contributed by atoms with Gasteiger partial charge in [-0.1, -0.05) is 18.2 Å². The van der Waals surface area contributed by atoms with Gasteiger partial charge < -0.3 is 21.5 Å². The predicted octanol–water partition coefficient (Wildman–Crippen LogP) is 0.699. The Balaban J connectivity index is 2.66. The first-order valence-corrected chi connectivity index (χ1v) is 6.04. The molecule has 7 heteroatoms. The molecule has 7 nitrogen and oxygen atoms in total. The predicted molar refractivity (Wildman–Crippen MR) is 73.2 cm³/mol. The first kappa shape index (κ1) is 15.5. The molecule has 0 saturated carbocycles. The Morgan fingerprint density at radius 3 is 2.55 bits per heavy atom. The molecule has 20 heavy (non-hydrogen) atoms. The summed E-state index contributed by atoms with van der Waals surface area (Å²) >= 11 is 0. The van der Waals surface area contributed by atoms with Crippen molar-refractivity contribution >= 4 is 23.6 Å². The van der Waals surface area contributed by atoms with Crippen LogP contribution in [0.1, 0.15) is 18.9 Å². The summed E-state index contributed by atoms with van der Waals surface area (Å²) in [5.74, 6) is -1.49. The number of carbonyl (C=O) groups excluding carboxylic acids is 2. The van der Waals surface area contributed by atoms with E-state index in [1.54, 1.807) is 31.2 Å². The minimum Gasteiger partial charge on any atom is -0.481 e. The zero-order valence-corrected chi connectivity index (χ0v) is 11.1. The lowest BCUT2D eigenvalue weighted by Crippen LogP contribution is -2.38. The summed E-state index contributed by atoms with van der Waals surface area (Å²) in [6, 6.07) is 5.69. The lowest BCUT2D eigenvalue weighted by molar-refractivity contribution is -0.136. The van der Waals surface area contributed by atoms with Gasteiger partial charge in [-0.05, 0) is 18.6 Å². The summed E-state index contributed by atoms with van der Waals surface area (Å²) in [5.41, 5.74) is 5.94. The summed E-state index contributed by atoms with van der Waals surface area (Å²) in [4.78, 5) is 33.2. The minimum absolute atomic E-state index is 0.0319. The normalized spacial score (nSPS) is 11.4. The van der Waals surface area contributed by atoms with Gasteiger partial charge in [0.15, 0.2) is 0 Å². The number of primary amides is 1. The Bertz CT molecular complexity index is 516. The Hall–Kier alpha value is -2.57. The second-order valence-corrected chi connectivity index (χ2v) is 4.40. The number of nitrogens with two attached hydrogens (primary N) is 1. The molecular weight excluding hydrogens is 262 g/mol. The van der Waals surface area contributed by atoms with Crippen molar-refractivity contribution in [3.8, 4) is 0 Å². The van der Waals surface area contributed by atoms with Crippen molar-refractivity contribution in [3.05, 3.63) is 29.8 Å². The van der Waals surface area contributed by atoms with Crippen molar-refractivity contribution in [2.75, 3.05) is 5.32 Å². The van der Waals surface area contributed by atoms with Crippen LogP contribution in [0, 0.1) is 0 Å². The summed E-state index contributed by atoms with van der Waals surface area (Å²) in [7, 11) is 0. The van der Waals surface area contributed by atoms with Crippen LogP contribution in [0.25, 0.3) is 0 Å². The van der Waals surface area contributed by atoms with Crippen molar-refractivity contribution in [1.29, 1.82) is 0 Å². The second kappa shape index (κ2) is 7.13. The van der Waals surface area contributed by atoms with E-state index in [-0.39, 0.29) is 12.8 Å². The maximum Gasteiger partial charge on any atom is 0.319 e. The largest absolute Gasteiger partial charge is 0.481 e. The van der Waals surface area contributed by atoms with E-state index in [0.717, 1.165) is 0 Å². The van der Waals surface area contributed by atoms with Gasteiger partial charge in [-0.25, -0.2) is 4.79 Å². The number of aliphatic carboxylic acids is 1. The average Bonchev–Trinajstić information content (AvgIpc) is 2.29. The van der Waals surface area contributed by atoms with E-state index in [1.807, 2.05) is 0 Å². The van der Waals surface area contributed by atoms with Gasteiger partial charge in [0.25, 0.3) is 0 Å². The maximum atomic E-state index is 11.7. The molecule has 0 spiro atoms. The first-order chi connectivity index (χ1) is 9.38. The zero-order chi connectivity index (χ0) is 15.1. The molecule has 0 radical (unpaired) electrons. The number of carbonyl (C=O) groups is 3. The molecule has 1 unspecified atom stereocenters. The van der Waals surface area contributed by atoms with E-state index in [2.05, 4.69) is 10.6 Å². The summed E-state index contributed by atoms with van der Waals surface area (Å²) in [6.45, 7) is 1.65. The smallest absolute Gasteiger partial charge is 0.319 e. The number of benzene rings is 1. The Morgan fingerprint density at radius 2 is 1.95 bits per heavy atom. The molecule has 0 aliphatic rings. The van der Waals surface area contributed by atoms with Crippen LogP contribution in [0.2, 0.25) is 0 Å². The highest BCUT2D eigenvalue weighted by Gasteiger charge is 2.12. The van der Waals surface area contributed by atoms with Crippen molar-refractivity contribution < 1.29 is 19.5 Å². The fourth-order valence-corrected chi connectivity index (χ4v) is 1.69. The van der Waals surface area contributed by atoms with Crippen LogP contribution in [0.3, 0.4) is 0 Å². The molecule has 0 aromatic heterocycles. The molecule has 3 amide bonds. The monoisotopic (exact) mass is 279 g/mol. The van der Waals surface area contributed by atoms with Gasteiger partial charge in [0, 0.05) is 18.2 Å². The van der Waals surface area contributed by atoms with Gasteiger partial charge in [0.2, 0.25) is 5.91 Å². The molecule has 0 fully saturated rings. The molecule has 0 aliphatic heterocycles. The van der Waals surface area contributed by atoms with Gasteiger partial charge >= 0.3 is 12.0 Å². The quantitative estimate of drug-likeness (QED) is 0.612. The SMILES string of the molecule is CC(CC(N)=O)NC(=O)Nc1ccccc1CC(=O)O. The second-order valence-electron chi connectivity index (χ2n) is 4.40. The Labute approximate surface area is 116 Å². The van der Waals surface area contributed by atoms with Crippen LogP contribution in [-0.4, -0.2) is 29.1 Å². The number of rotatable bonds is 6. The van der Waals surface area contributed by atoms with Gasteiger partial charge in [0.05, 0.1) is 6.42 Å². The third-order valence-corrected chi connectivity index (χ3v) is 2.49. The molecular formula is C13H17N3O4. The number of amides is 3. The van der Waals surface area contributed by atoms with Crippen molar-refractivity contribution in [2.24, 2.45) is 5.73 Å². The number of carboxylic acid groups (broad SMARTS) is 1. The van der Waals surface area contributed by atoms with Crippen LogP contribution in [0.4, 0.5) is 10.5 Å². The molecule has 1 atom stereocenters. The van der Waals surface area contributed by atoms with Crippen LogP contribution in [0.5, 0.6) is 0 Å². The Kier molecular flexibility index (Phi) is 5.52. The summed E-state index contributed by atoms with van der Waals surface area (Å²) in [6.07, 6.45) is -0.155. The molecule has 1 aromatic carbocycles. The third kappa shape index (κ3) is 5.38. The van der Waals surface area contributed by atoms with Gasteiger partial charge in [-0.3, -0.25) is 9.59 Å². The Morgan fingerprint density at radius 1 is 1.30 bits per heavy atom. The van der Waals surface area contributed by atoms with E-state index in [1.165, 1.54) is 0 Å². The molecule has 0 saturated heterocycles. The summed E-state index contributed by atoms with van der Waals surface area (Å²) in [5, 5.41) is 13.9. The molecule has 108 valence electrons. The van der Waals surface area contributed by atoms with Gasteiger partial charge in [-0.15, -0.1) is 0 Å². The molecule has 0 aliphatic carbocycles. The van der Waals surface area contributed by atoms with Gasteiger partial charge in [0.1, 0.15) is 0 Å². The highest BCUT2D eigenvalue weighted by molar-refractivity contribution is 5.91. The van der Waals surface area contributed by atoms with Crippen LogP contribution in [-0.2, 0) is 16.0 Å². The third-order valence-electron chi connectivity index (χ3n) is 2.49. The fourth-order valence-electron chi connectivity index (χ4n) is 1.69. The first-order valence-electron chi connectivity index (χ1n) is 6.04. The number of anilines is 1. The topological polar surface area (TPSA) is 122 Å². The highest BCUT2D eigenvalue weighted by Crippen LogP contribution is 2.15. The van der Waals surface area contributed by atoms with E-state index >= 15 is 0 Å². The number of para-hydroxylation sites is 1. The number of nitrogens with one attached hydrogen (secondary N) is 2. The van der Waals surface area contributed by atoms with E-state index in [4.69, 9.17) is 10.8 Å². The molecule has 1 aromatic rings. The van der Waals surface area contributed by atoms with E-state index < -0.39 is 23.9 Å². The van der Waals surface area contributed by atoms with E-state index in [9.17, 15) is 14.4 Å². The minimum atomic E-state index is -0.984. The molecule has 5 N–H and O–H groups in total. The van der Waals surface area contributed by atoms with Crippen LogP contribution in [0.15, 0.2) is 24.3 Å². The van der Waals surface area contributed by atoms with Crippen molar-refractivity contribution in [2.45, 2.75) is 25.8 Å². The van der Waals surface area contributed by atoms with Crippen molar-refractivity contribution in [3.63, 3.8) is 0 Å². The van der Waals surface area contributed by atoms with Crippen molar-refractivity contribution in [1.82, 2.24) is 5.32 Å². The molecule has 0 heterocycles. The number of hydrogen-bond donors (Lipinski definition) is 4. The van der Waals surface area contributed by atoms with Crippen LogP contribution < -0.4 is 16.4 Å². The highest BCUT2D eigenvalue weighted by atomic mass is 16.4. The average molecular weight is 279 g/mol. The zero-order valence-electron chi connectivity index (χ0n) is 11.1. The van der Waals surface area contributed by atoms with Crippen LogP contribution >= 0.6 is 0 Å². The summed E-state index contributed by atoms with van der Waals surface area (Å²) < 4.78 is 0.